The van der Waals surface area contributed by atoms with Crippen molar-refractivity contribution in [2.24, 2.45) is 0 Å². The van der Waals surface area contributed by atoms with Gasteiger partial charge in [-0.2, -0.15) is 5.10 Å². The topological polar surface area (TPSA) is 79.0 Å². The van der Waals surface area contributed by atoms with Crippen molar-refractivity contribution in [1.29, 1.82) is 0 Å². The Balaban J connectivity index is 2.59. The monoisotopic (exact) mass is 212 g/mol. The Morgan fingerprint density at radius 1 is 1.53 bits per heavy atom. The average molecular weight is 212 g/mol. The summed E-state index contributed by atoms with van der Waals surface area (Å²) in [6.07, 6.45) is 1.07. The number of carbonyl (C=O) groups is 1. The third-order valence-electron chi connectivity index (χ3n) is 1.53. The van der Waals surface area contributed by atoms with E-state index in [1.54, 1.807) is 34.0 Å². The van der Waals surface area contributed by atoms with E-state index < -0.39 is 11.7 Å². The lowest BCUT2D eigenvalue weighted by Crippen LogP contribution is -2.27. The van der Waals surface area contributed by atoms with E-state index in [1.807, 2.05) is 0 Å². The molecule has 1 aromatic rings. The lowest BCUT2D eigenvalue weighted by atomic mass is 10.2. The Bertz CT molecular complexity index is 340. The standard InChI is InChI=1S/C9H16N4O2/c1-9(2,3)15-8(14)12-7-6(10-4)5-11-13-7/h5,10H,1-4H3,(H2,11,12,13,14). The SMILES string of the molecule is CNc1cn[nH]c1NC(=O)OC(C)(C)C. The second-order valence-electron chi connectivity index (χ2n) is 4.04. The molecular formula is C9H16N4O2. The molecule has 0 aliphatic heterocycles. The maximum Gasteiger partial charge on any atom is 0.413 e. The van der Waals surface area contributed by atoms with Crippen molar-refractivity contribution < 1.29 is 9.53 Å². The van der Waals surface area contributed by atoms with Crippen molar-refractivity contribution in [1.82, 2.24) is 10.2 Å². The van der Waals surface area contributed by atoms with Crippen LogP contribution in [0, 0.1) is 0 Å². The highest BCUT2D eigenvalue weighted by Gasteiger charge is 2.17. The molecule has 3 N–H and O–H groups in total. The number of aromatic amines is 1. The number of hydrogen-bond acceptors (Lipinski definition) is 4. The van der Waals surface area contributed by atoms with Crippen LogP contribution in [0.25, 0.3) is 0 Å². The minimum absolute atomic E-state index is 0.492. The molecule has 0 aliphatic carbocycles. The summed E-state index contributed by atoms with van der Waals surface area (Å²) in [4.78, 5) is 11.4. The zero-order valence-corrected chi connectivity index (χ0v) is 9.34. The summed E-state index contributed by atoms with van der Waals surface area (Å²) in [7, 11) is 1.74. The lowest BCUT2D eigenvalue weighted by molar-refractivity contribution is 0.0635. The molecule has 0 radical (unpaired) electrons. The Labute approximate surface area is 88.4 Å². The van der Waals surface area contributed by atoms with Gasteiger partial charge in [-0.15, -0.1) is 0 Å². The van der Waals surface area contributed by atoms with Crippen molar-refractivity contribution in [3.8, 4) is 0 Å². The Hall–Kier alpha value is -1.72. The Morgan fingerprint density at radius 3 is 2.73 bits per heavy atom. The fourth-order valence-electron chi connectivity index (χ4n) is 0.977. The summed E-state index contributed by atoms with van der Waals surface area (Å²) >= 11 is 0. The number of ether oxygens (including phenoxy) is 1. The van der Waals surface area contributed by atoms with Gasteiger partial charge in [-0.3, -0.25) is 10.4 Å². The number of nitrogens with zero attached hydrogens (tertiary/aromatic N) is 1. The second kappa shape index (κ2) is 4.20. The van der Waals surface area contributed by atoms with Gasteiger partial charge in [-0.05, 0) is 20.8 Å². The first-order valence-electron chi connectivity index (χ1n) is 4.63. The maximum atomic E-state index is 11.4. The van der Waals surface area contributed by atoms with Crippen LogP contribution in [0.4, 0.5) is 16.3 Å². The molecule has 0 saturated carbocycles. The number of H-pyrrole nitrogens is 1. The summed E-state index contributed by atoms with van der Waals surface area (Å²) in [5, 5.41) is 11.9. The molecule has 0 aromatic carbocycles. The molecule has 0 aliphatic rings. The van der Waals surface area contributed by atoms with Crippen molar-refractivity contribution in [3.63, 3.8) is 0 Å². The van der Waals surface area contributed by atoms with Gasteiger partial charge in [0.15, 0.2) is 5.82 Å². The number of nitrogens with one attached hydrogen (secondary N) is 3. The number of carbonyl (C=O) groups excluding carboxylic acids is 1. The van der Waals surface area contributed by atoms with E-state index in [2.05, 4.69) is 20.8 Å². The maximum absolute atomic E-state index is 11.4. The molecule has 0 saturated heterocycles. The van der Waals surface area contributed by atoms with Gasteiger partial charge < -0.3 is 10.1 Å². The predicted octanol–water partition coefficient (Wildman–Crippen LogP) is 1.80. The van der Waals surface area contributed by atoms with Crippen LogP contribution in [0.2, 0.25) is 0 Å². The quantitative estimate of drug-likeness (QED) is 0.698. The number of hydrogen-bond donors (Lipinski definition) is 3. The van der Waals surface area contributed by atoms with Gasteiger partial charge in [0.25, 0.3) is 0 Å². The van der Waals surface area contributed by atoms with Gasteiger partial charge in [0.1, 0.15) is 5.60 Å². The molecule has 84 valence electrons. The first-order valence-corrected chi connectivity index (χ1v) is 4.63. The molecule has 0 fully saturated rings. The molecule has 1 rings (SSSR count). The van der Waals surface area contributed by atoms with Gasteiger partial charge in [0, 0.05) is 7.05 Å². The number of aromatic nitrogens is 2. The smallest absolute Gasteiger partial charge is 0.413 e. The van der Waals surface area contributed by atoms with Crippen molar-refractivity contribution in [2.45, 2.75) is 26.4 Å². The van der Waals surface area contributed by atoms with Gasteiger partial charge in [-0.25, -0.2) is 4.79 Å². The number of anilines is 2. The van der Waals surface area contributed by atoms with Crippen LogP contribution in [0.3, 0.4) is 0 Å². The number of rotatable bonds is 2. The van der Waals surface area contributed by atoms with Crippen molar-refractivity contribution in [2.75, 3.05) is 17.7 Å². The fourth-order valence-corrected chi connectivity index (χ4v) is 0.977. The fraction of sp³-hybridized carbons (Fsp3) is 0.556. The molecule has 0 unspecified atom stereocenters. The first kappa shape index (κ1) is 11.4. The van der Waals surface area contributed by atoms with Crippen LogP contribution in [0.1, 0.15) is 20.8 Å². The molecular weight excluding hydrogens is 196 g/mol. The Kier molecular flexibility index (Phi) is 3.18. The largest absolute Gasteiger partial charge is 0.444 e. The van der Waals surface area contributed by atoms with E-state index >= 15 is 0 Å². The number of amides is 1. The van der Waals surface area contributed by atoms with E-state index in [9.17, 15) is 4.79 Å². The summed E-state index contributed by atoms with van der Waals surface area (Å²) in [6.45, 7) is 5.41. The molecule has 6 nitrogen and oxygen atoms in total. The minimum atomic E-state index is -0.511. The molecule has 15 heavy (non-hydrogen) atoms. The summed E-state index contributed by atoms with van der Waals surface area (Å²) in [6, 6.07) is 0. The highest BCUT2D eigenvalue weighted by atomic mass is 16.6. The Morgan fingerprint density at radius 2 is 2.20 bits per heavy atom. The molecule has 1 heterocycles. The van der Waals surface area contributed by atoms with E-state index in [0.717, 1.165) is 0 Å². The summed E-state index contributed by atoms with van der Waals surface area (Å²) in [5.41, 5.74) is 0.199. The molecule has 0 atom stereocenters. The van der Waals surface area contributed by atoms with E-state index in [-0.39, 0.29) is 0 Å². The minimum Gasteiger partial charge on any atom is -0.444 e. The third kappa shape index (κ3) is 3.49. The predicted molar refractivity (Wildman–Crippen MR) is 58.0 cm³/mol. The second-order valence-corrected chi connectivity index (χ2v) is 4.04. The van der Waals surface area contributed by atoms with Crippen LogP contribution in [-0.2, 0) is 4.74 Å². The van der Waals surface area contributed by atoms with Gasteiger partial charge in [0.2, 0.25) is 0 Å². The lowest BCUT2D eigenvalue weighted by Gasteiger charge is -2.19. The van der Waals surface area contributed by atoms with E-state index in [4.69, 9.17) is 4.74 Å². The summed E-state index contributed by atoms with van der Waals surface area (Å²) in [5.74, 6) is 0.492. The van der Waals surface area contributed by atoms with Gasteiger partial charge in [-0.1, -0.05) is 0 Å². The van der Waals surface area contributed by atoms with Crippen molar-refractivity contribution >= 4 is 17.6 Å². The summed E-state index contributed by atoms with van der Waals surface area (Å²) < 4.78 is 5.08. The highest BCUT2D eigenvalue weighted by molar-refractivity contribution is 5.87. The molecule has 1 amide bonds. The molecule has 0 bridgehead atoms. The van der Waals surface area contributed by atoms with Crippen LogP contribution >= 0.6 is 0 Å². The van der Waals surface area contributed by atoms with E-state index in [1.165, 1.54) is 0 Å². The normalized spacial score (nSPS) is 10.9. The van der Waals surface area contributed by atoms with E-state index in [0.29, 0.717) is 11.5 Å². The van der Waals surface area contributed by atoms with Gasteiger partial charge >= 0.3 is 6.09 Å². The molecule has 0 spiro atoms. The molecule has 6 heteroatoms. The zero-order valence-electron chi connectivity index (χ0n) is 9.34. The van der Waals surface area contributed by atoms with Crippen LogP contribution in [-0.4, -0.2) is 28.9 Å². The highest BCUT2D eigenvalue weighted by Crippen LogP contribution is 2.17. The average Bonchev–Trinajstić information content (AvgIpc) is 2.48. The van der Waals surface area contributed by atoms with Crippen LogP contribution in [0.5, 0.6) is 0 Å². The first-order chi connectivity index (χ1) is 6.92. The molecule has 1 aromatic heterocycles. The van der Waals surface area contributed by atoms with Crippen molar-refractivity contribution in [3.05, 3.63) is 6.20 Å². The zero-order chi connectivity index (χ0) is 11.5. The van der Waals surface area contributed by atoms with Gasteiger partial charge in [0.05, 0.1) is 11.9 Å². The van der Waals surface area contributed by atoms with Crippen LogP contribution < -0.4 is 10.6 Å². The van der Waals surface area contributed by atoms with Crippen LogP contribution in [0.15, 0.2) is 6.20 Å². The third-order valence-corrected chi connectivity index (χ3v) is 1.53.